The van der Waals surface area contributed by atoms with Crippen LogP contribution < -0.4 is 0 Å². The number of halogens is 5. The minimum absolute atomic E-state index is 0.190. The smallest absolute Gasteiger partial charge is 0.166 e. The summed E-state index contributed by atoms with van der Waals surface area (Å²) in [7, 11) is 0. The van der Waals surface area contributed by atoms with Gasteiger partial charge >= 0.3 is 6.18 Å². The van der Waals surface area contributed by atoms with E-state index in [4.69, 9.17) is 28.7 Å². The van der Waals surface area contributed by atoms with Crippen LogP contribution in [0.4, 0.5) is 18.9 Å². The number of azide groups is 1. The van der Waals surface area contributed by atoms with E-state index in [1.807, 2.05) is 0 Å². The van der Waals surface area contributed by atoms with Crippen molar-refractivity contribution in [2.45, 2.75) is 13.1 Å². The summed E-state index contributed by atoms with van der Waals surface area (Å²) >= 11 is 11.2. The number of nitrogens with zero attached hydrogens (tertiary/aromatic N) is 3. The molecule has 0 aliphatic heterocycles. The van der Waals surface area contributed by atoms with Crippen molar-refractivity contribution >= 4 is 28.9 Å². The first-order valence-electron chi connectivity index (χ1n) is 3.90. The molecule has 0 aromatic heterocycles. The standard InChI is InChI=1S/C8H4Cl2F3N3/c1-3-4(8(11,12)13)2-5(9)6(10)7(3)15-16-14/h2H,1H3. The van der Waals surface area contributed by atoms with Gasteiger partial charge in [0, 0.05) is 4.91 Å². The monoisotopic (exact) mass is 269 g/mol. The fourth-order valence-corrected chi connectivity index (χ4v) is 1.59. The molecule has 0 amide bonds. The number of rotatable bonds is 1. The van der Waals surface area contributed by atoms with Gasteiger partial charge in [0.05, 0.1) is 21.3 Å². The topological polar surface area (TPSA) is 48.8 Å². The molecule has 86 valence electrons. The van der Waals surface area contributed by atoms with Crippen LogP contribution in [0.15, 0.2) is 11.2 Å². The summed E-state index contributed by atoms with van der Waals surface area (Å²) in [6.45, 7) is 1.16. The van der Waals surface area contributed by atoms with E-state index in [0.29, 0.717) is 6.07 Å². The molecule has 0 heterocycles. The number of hydrogen-bond donors (Lipinski definition) is 0. The van der Waals surface area contributed by atoms with Gasteiger partial charge in [-0.05, 0) is 24.1 Å². The third-order valence-corrected chi connectivity index (χ3v) is 2.68. The van der Waals surface area contributed by atoms with Crippen molar-refractivity contribution in [3.05, 3.63) is 37.7 Å². The van der Waals surface area contributed by atoms with Gasteiger partial charge in [-0.2, -0.15) is 13.2 Å². The fourth-order valence-electron chi connectivity index (χ4n) is 1.16. The van der Waals surface area contributed by atoms with Gasteiger partial charge in [0.15, 0.2) is 0 Å². The molecule has 0 saturated heterocycles. The zero-order valence-electron chi connectivity index (χ0n) is 7.81. The molecule has 0 radical (unpaired) electrons. The van der Waals surface area contributed by atoms with E-state index in [1.54, 1.807) is 0 Å². The molecular formula is C8H4Cl2F3N3. The third-order valence-electron chi connectivity index (χ3n) is 1.90. The van der Waals surface area contributed by atoms with Crippen LogP contribution in [-0.4, -0.2) is 0 Å². The lowest BCUT2D eigenvalue weighted by molar-refractivity contribution is -0.138. The Morgan fingerprint density at radius 2 is 1.94 bits per heavy atom. The van der Waals surface area contributed by atoms with Gasteiger partial charge in [0.1, 0.15) is 0 Å². The van der Waals surface area contributed by atoms with Crippen LogP contribution in [0.3, 0.4) is 0 Å². The quantitative estimate of drug-likeness (QED) is 0.379. The summed E-state index contributed by atoms with van der Waals surface area (Å²) in [4.78, 5) is 2.41. The van der Waals surface area contributed by atoms with E-state index in [9.17, 15) is 13.2 Å². The van der Waals surface area contributed by atoms with E-state index < -0.39 is 11.7 Å². The molecule has 1 aromatic rings. The second-order valence-corrected chi connectivity index (χ2v) is 3.67. The van der Waals surface area contributed by atoms with Gasteiger partial charge in [-0.25, -0.2) is 0 Å². The Labute approximate surface area is 98.4 Å². The summed E-state index contributed by atoms with van der Waals surface area (Å²) in [5, 5.41) is 2.61. The Bertz CT molecular complexity index is 478. The van der Waals surface area contributed by atoms with Gasteiger partial charge in [0.2, 0.25) is 0 Å². The zero-order valence-corrected chi connectivity index (χ0v) is 9.32. The molecule has 0 N–H and O–H groups in total. The van der Waals surface area contributed by atoms with E-state index >= 15 is 0 Å². The second-order valence-electron chi connectivity index (χ2n) is 2.88. The Kier molecular flexibility index (Phi) is 3.57. The van der Waals surface area contributed by atoms with Crippen molar-refractivity contribution in [2.75, 3.05) is 0 Å². The van der Waals surface area contributed by atoms with E-state index in [1.165, 1.54) is 0 Å². The normalized spacial score (nSPS) is 11.1. The summed E-state index contributed by atoms with van der Waals surface area (Å²) in [5.41, 5.74) is 6.71. The maximum atomic E-state index is 12.5. The van der Waals surface area contributed by atoms with Crippen molar-refractivity contribution in [1.82, 2.24) is 0 Å². The fraction of sp³-hybridized carbons (Fsp3) is 0.250. The lowest BCUT2D eigenvalue weighted by atomic mass is 10.1. The average molecular weight is 270 g/mol. The van der Waals surface area contributed by atoms with Gasteiger partial charge < -0.3 is 0 Å². The zero-order chi connectivity index (χ0) is 12.5. The highest BCUT2D eigenvalue weighted by molar-refractivity contribution is 6.43. The van der Waals surface area contributed by atoms with Crippen molar-refractivity contribution in [2.24, 2.45) is 5.11 Å². The Hall–Kier alpha value is -1.10. The van der Waals surface area contributed by atoms with E-state index in [0.717, 1.165) is 6.92 Å². The molecular weight excluding hydrogens is 266 g/mol. The molecule has 0 fully saturated rings. The first kappa shape index (κ1) is 13.0. The minimum atomic E-state index is -4.57. The van der Waals surface area contributed by atoms with Gasteiger partial charge in [0.25, 0.3) is 0 Å². The predicted molar refractivity (Wildman–Crippen MR) is 55.0 cm³/mol. The predicted octanol–water partition coefficient (Wildman–Crippen LogP) is 5.26. The molecule has 8 heteroatoms. The minimum Gasteiger partial charge on any atom is -0.166 e. The van der Waals surface area contributed by atoms with Gasteiger partial charge in [-0.3, -0.25) is 0 Å². The van der Waals surface area contributed by atoms with Crippen LogP contribution in [0.1, 0.15) is 11.1 Å². The summed E-state index contributed by atoms with van der Waals surface area (Å²) in [5.74, 6) is 0. The first-order chi connectivity index (χ1) is 7.29. The Balaban J connectivity index is 3.63. The Morgan fingerprint density at radius 1 is 1.38 bits per heavy atom. The largest absolute Gasteiger partial charge is 0.416 e. The van der Waals surface area contributed by atoms with Crippen molar-refractivity contribution in [3.63, 3.8) is 0 Å². The molecule has 3 nitrogen and oxygen atoms in total. The molecule has 0 atom stereocenters. The Morgan fingerprint density at radius 3 is 2.38 bits per heavy atom. The maximum absolute atomic E-state index is 12.5. The maximum Gasteiger partial charge on any atom is 0.416 e. The summed E-state index contributed by atoms with van der Waals surface area (Å²) < 4.78 is 37.6. The van der Waals surface area contributed by atoms with Crippen molar-refractivity contribution < 1.29 is 13.2 Å². The lowest BCUT2D eigenvalue weighted by Gasteiger charge is -2.13. The van der Waals surface area contributed by atoms with Gasteiger partial charge in [-0.15, -0.1) is 0 Å². The van der Waals surface area contributed by atoms with E-state index in [-0.39, 0.29) is 21.3 Å². The molecule has 0 spiro atoms. The van der Waals surface area contributed by atoms with Crippen LogP contribution in [0.25, 0.3) is 10.4 Å². The van der Waals surface area contributed by atoms with Crippen LogP contribution >= 0.6 is 23.2 Å². The SMILES string of the molecule is Cc1c(C(F)(F)F)cc(Cl)c(Cl)c1N=[N+]=[N-]. The summed E-state index contributed by atoms with van der Waals surface area (Å²) in [6, 6.07) is 0.704. The van der Waals surface area contributed by atoms with Crippen molar-refractivity contribution in [3.8, 4) is 0 Å². The molecule has 0 saturated carbocycles. The highest BCUT2D eigenvalue weighted by Crippen LogP contribution is 2.43. The van der Waals surface area contributed by atoms with Crippen LogP contribution in [-0.2, 0) is 6.18 Å². The van der Waals surface area contributed by atoms with E-state index in [2.05, 4.69) is 10.0 Å². The van der Waals surface area contributed by atoms with Crippen LogP contribution in [0, 0.1) is 6.92 Å². The summed E-state index contributed by atoms with van der Waals surface area (Å²) in [6.07, 6.45) is -4.57. The first-order valence-corrected chi connectivity index (χ1v) is 4.65. The molecule has 0 unspecified atom stereocenters. The van der Waals surface area contributed by atoms with Crippen LogP contribution in [0.2, 0.25) is 10.0 Å². The molecule has 1 rings (SSSR count). The average Bonchev–Trinajstić information content (AvgIpc) is 2.16. The molecule has 0 aliphatic rings. The van der Waals surface area contributed by atoms with Gasteiger partial charge in [-0.1, -0.05) is 28.3 Å². The lowest BCUT2D eigenvalue weighted by Crippen LogP contribution is -2.07. The number of hydrogen-bond acceptors (Lipinski definition) is 1. The van der Waals surface area contributed by atoms with Crippen LogP contribution in [0.5, 0.6) is 0 Å². The molecule has 16 heavy (non-hydrogen) atoms. The van der Waals surface area contributed by atoms with Crippen molar-refractivity contribution in [1.29, 1.82) is 0 Å². The highest BCUT2D eigenvalue weighted by atomic mass is 35.5. The molecule has 0 bridgehead atoms. The second kappa shape index (κ2) is 4.41. The number of benzene rings is 1. The third kappa shape index (κ3) is 2.35. The highest BCUT2D eigenvalue weighted by Gasteiger charge is 2.34. The molecule has 0 aliphatic carbocycles. The number of alkyl halides is 3. The molecule has 1 aromatic carbocycles.